The minimum atomic E-state index is -0.753. The number of rotatable bonds is 6. The van der Waals surface area contributed by atoms with E-state index in [1.807, 2.05) is 6.07 Å². The standard InChI is InChI=1S/C12H10ClN5O4/c13-11-10(18(20)21)12(15-7-14-11)17-16-9(19)6-22-8-4-2-1-3-5-8/h1-5,7H,6H2,(H,16,19)(H,14,15,17). The maximum atomic E-state index is 11.6. The summed E-state index contributed by atoms with van der Waals surface area (Å²) in [6, 6.07) is 8.72. The molecule has 1 aromatic carbocycles. The number of nitrogens with one attached hydrogen (secondary N) is 2. The van der Waals surface area contributed by atoms with E-state index in [-0.39, 0.29) is 17.6 Å². The highest BCUT2D eigenvalue weighted by molar-refractivity contribution is 6.31. The Morgan fingerprint density at radius 3 is 2.73 bits per heavy atom. The second-order valence-electron chi connectivity index (χ2n) is 3.89. The average Bonchev–Trinajstić information content (AvgIpc) is 2.51. The molecule has 0 spiro atoms. The van der Waals surface area contributed by atoms with Gasteiger partial charge in [-0.2, -0.15) is 0 Å². The van der Waals surface area contributed by atoms with Crippen LogP contribution in [-0.2, 0) is 4.79 Å². The molecular weight excluding hydrogens is 314 g/mol. The van der Waals surface area contributed by atoms with Gasteiger partial charge < -0.3 is 4.74 Å². The van der Waals surface area contributed by atoms with Crippen molar-refractivity contribution in [3.63, 3.8) is 0 Å². The van der Waals surface area contributed by atoms with Crippen molar-refractivity contribution >= 4 is 29.0 Å². The molecule has 0 aliphatic carbocycles. The number of amides is 1. The predicted molar refractivity (Wildman–Crippen MR) is 77.4 cm³/mol. The van der Waals surface area contributed by atoms with Gasteiger partial charge in [0.15, 0.2) is 6.61 Å². The van der Waals surface area contributed by atoms with Crippen LogP contribution in [0.25, 0.3) is 0 Å². The first-order valence-electron chi connectivity index (χ1n) is 5.95. The topological polar surface area (TPSA) is 119 Å². The summed E-state index contributed by atoms with van der Waals surface area (Å²) in [6.07, 6.45) is 1.03. The summed E-state index contributed by atoms with van der Waals surface area (Å²) < 4.78 is 5.21. The molecular formula is C12H10ClN5O4. The Hall–Kier alpha value is -2.94. The molecule has 0 aliphatic rings. The number of carbonyl (C=O) groups excluding carboxylic acids is 1. The Morgan fingerprint density at radius 1 is 1.32 bits per heavy atom. The lowest BCUT2D eigenvalue weighted by Gasteiger charge is -2.09. The highest BCUT2D eigenvalue weighted by atomic mass is 35.5. The molecule has 0 atom stereocenters. The van der Waals surface area contributed by atoms with Crippen LogP contribution in [-0.4, -0.2) is 27.4 Å². The normalized spacial score (nSPS) is 9.86. The van der Waals surface area contributed by atoms with Crippen LogP contribution < -0.4 is 15.6 Å². The number of anilines is 1. The molecule has 9 nitrogen and oxygen atoms in total. The molecule has 22 heavy (non-hydrogen) atoms. The van der Waals surface area contributed by atoms with Gasteiger partial charge in [-0.25, -0.2) is 9.97 Å². The summed E-state index contributed by atoms with van der Waals surface area (Å²) in [4.78, 5) is 28.9. The SMILES string of the molecule is O=C(COc1ccccc1)NNc1ncnc(Cl)c1[N+](=O)[O-]. The second-order valence-corrected chi connectivity index (χ2v) is 4.25. The van der Waals surface area contributed by atoms with Gasteiger partial charge in [0.05, 0.1) is 4.92 Å². The number of ether oxygens (including phenoxy) is 1. The van der Waals surface area contributed by atoms with Gasteiger partial charge in [-0.05, 0) is 12.1 Å². The third kappa shape index (κ3) is 4.03. The van der Waals surface area contributed by atoms with Crippen LogP contribution in [0.4, 0.5) is 11.5 Å². The van der Waals surface area contributed by atoms with Crippen molar-refractivity contribution in [2.24, 2.45) is 0 Å². The third-order valence-electron chi connectivity index (χ3n) is 2.39. The van der Waals surface area contributed by atoms with Crippen LogP contribution in [0.15, 0.2) is 36.7 Å². The molecule has 114 valence electrons. The summed E-state index contributed by atoms with van der Waals surface area (Å²) >= 11 is 5.61. The number of nitrogens with zero attached hydrogens (tertiary/aromatic N) is 3. The Bertz CT molecular complexity index is 682. The predicted octanol–water partition coefficient (Wildman–Crippen LogP) is 1.56. The van der Waals surface area contributed by atoms with Gasteiger partial charge >= 0.3 is 5.69 Å². The van der Waals surface area contributed by atoms with E-state index in [9.17, 15) is 14.9 Å². The fourth-order valence-corrected chi connectivity index (χ4v) is 1.64. The van der Waals surface area contributed by atoms with E-state index in [0.29, 0.717) is 5.75 Å². The van der Waals surface area contributed by atoms with Crippen molar-refractivity contribution in [3.05, 3.63) is 51.9 Å². The van der Waals surface area contributed by atoms with Gasteiger partial charge in [-0.15, -0.1) is 0 Å². The van der Waals surface area contributed by atoms with Crippen molar-refractivity contribution in [2.45, 2.75) is 0 Å². The van der Waals surface area contributed by atoms with Crippen LogP contribution in [0.3, 0.4) is 0 Å². The molecule has 2 aromatic rings. The molecule has 0 radical (unpaired) electrons. The van der Waals surface area contributed by atoms with Crippen LogP contribution >= 0.6 is 11.6 Å². The highest BCUT2D eigenvalue weighted by Crippen LogP contribution is 2.27. The van der Waals surface area contributed by atoms with Crippen molar-refractivity contribution in [2.75, 3.05) is 12.0 Å². The monoisotopic (exact) mass is 323 g/mol. The van der Waals surface area contributed by atoms with Gasteiger partial charge in [0.25, 0.3) is 5.91 Å². The molecule has 0 aliphatic heterocycles. The van der Waals surface area contributed by atoms with Crippen molar-refractivity contribution in [3.8, 4) is 5.75 Å². The lowest BCUT2D eigenvalue weighted by molar-refractivity contribution is -0.384. The highest BCUT2D eigenvalue weighted by Gasteiger charge is 2.21. The molecule has 0 fully saturated rings. The van der Waals surface area contributed by atoms with Gasteiger partial charge in [0.1, 0.15) is 12.1 Å². The smallest absolute Gasteiger partial charge is 0.350 e. The Morgan fingerprint density at radius 2 is 2.05 bits per heavy atom. The molecule has 1 heterocycles. The molecule has 0 bridgehead atoms. The molecule has 0 saturated carbocycles. The number of benzene rings is 1. The van der Waals surface area contributed by atoms with E-state index in [0.717, 1.165) is 6.33 Å². The Kier molecular flexibility index (Phi) is 5.04. The first-order chi connectivity index (χ1) is 10.6. The molecule has 2 rings (SSSR count). The summed E-state index contributed by atoms with van der Waals surface area (Å²) in [5, 5.41) is 10.5. The molecule has 2 N–H and O–H groups in total. The maximum absolute atomic E-state index is 11.6. The number of hydrogen-bond donors (Lipinski definition) is 2. The van der Waals surface area contributed by atoms with E-state index in [1.54, 1.807) is 24.3 Å². The lowest BCUT2D eigenvalue weighted by Crippen LogP contribution is -2.34. The summed E-state index contributed by atoms with van der Waals surface area (Å²) in [5.41, 5.74) is 4.01. The van der Waals surface area contributed by atoms with Gasteiger partial charge in [-0.3, -0.25) is 25.8 Å². The third-order valence-corrected chi connectivity index (χ3v) is 2.67. The minimum absolute atomic E-state index is 0.224. The zero-order valence-electron chi connectivity index (χ0n) is 11.0. The van der Waals surface area contributed by atoms with E-state index < -0.39 is 16.5 Å². The van der Waals surface area contributed by atoms with Crippen LogP contribution in [0, 0.1) is 10.1 Å². The number of carbonyl (C=O) groups is 1. The fraction of sp³-hybridized carbons (Fsp3) is 0.0833. The number of para-hydroxylation sites is 1. The van der Waals surface area contributed by atoms with E-state index in [2.05, 4.69) is 20.8 Å². The molecule has 10 heteroatoms. The van der Waals surface area contributed by atoms with Crippen LogP contribution in [0.1, 0.15) is 0 Å². The molecule has 0 unspecified atom stereocenters. The largest absolute Gasteiger partial charge is 0.484 e. The molecule has 1 amide bonds. The Balaban J connectivity index is 1.92. The van der Waals surface area contributed by atoms with E-state index >= 15 is 0 Å². The number of hydrazine groups is 1. The van der Waals surface area contributed by atoms with Crippen LogP contribution in [0.2, 0.25) is 5.15 Å². The number of nitro groups is 1. The molecule has 1 aromatic heterocycles. The first kappa shape index (κ1) is 15.4. The van der Waals surface area contributed by atoms with E-state index in [1.165, 1.54) is 0 Å². The van der Waals surface area contributed by atoms with E-state index in [4.69, 9.17) is 16.3 Å². The summed E-state index contributed by atoms with van der Waals surface area (Å²) in [7, 11) is 0. The fourth-order valence-electron chi connectivity index (χ4n) is 1.44. The lowest BCUT2D eigenvalue weighted by atomic mass is 10.3. The minimum Gasteiger partial charge on any atom is -0.484 e. The second kappa shape index (κ2) is 7.18. The van der Waals surface area contributed by atoms with Crippen molar-refractivity contribution in [1.29, 1.82) is 0 Å². The summed E-state index contributed by atoms with van der Waals surface area (Å²) in [6.45, 7) is -0.274. The number of hydrogen-bond acceptors (Lipinski definition) is 7. The van der Waals surface area contributed by atoms with Gasteiger partial charge in [-0.1, -0.05) is 29.8 Å². The zero-order valence-corrected chi connectivity index (χ0v) is 11.8. The number of halogens is 1. The van der Waals surface area contributed by atoms with Crippen molar-refractivity contribution < 1.29 is 14.5 Å². The van der Waals surface area contributed by atoms with Gasteiger partial charge in [0.2, 0.25) is 11.0 Å². The summed E-state index contributed by atoms with van der Waals surface area (Å²) in [5.74, 6) is -0.250. The number of aromatic nitrogens is 2. The van der Waals surface area contributed by atoms with Crippen LogP contribution in [0.5, 0.6) is 5.75 Å². The Labute approximate surface area is 129 Å². The first-order valence-corrected chi connectivity index (χ1v) is 6.33. The maximum Gasteiger partial charge on any atom is 0.350 e. The zero-order chi connectivity index (χ0) is 15.9. The average molecular weight is 324 g/mol. The molecule has 0 saturated heterocycles. The van der Waals surface area contributed by atoms with Gasteiger partial charge in [0, 0.05) is 0 Å². The van der Waals surface area contributed by atoms with Crippen molar-refractivity contribution in [1.82, 2.24) is 15.4 Å². The quantitative estimate of drug-likeness (QED) is 0.470.